The van der Waals surface area contributed by atoms with Crippen molar-refractivity contribution in [2.45, 2.75) is 38.1 Å². The van der Waals surface area contributed by atoms with Crippen LogP contribution in [0.2, 0.25) is 0 Å². The Hall–Kier alpha value is -1.09. The third-order valence-electron chi connectivity index (χ3n) is 3.72. The van der Waals surface area contributed by atoms with Crippen molar-refractivity contribution < 1.29 is 9.13 Å². The maximum absolute atomic E-state index is 13.9. The zero-order valence-corrected chi connectivity index (χ0v) is 10.3. The normalized spacial score (nSPS) is 19.0. The third-order valence-corrected chi connectivity index (χ3v) is 3.72. The summed E-state index contributed by atoms with van der Waals surface area (Å²) < 4.78 is 18.9. The number of ether oxygens (including phenoxy) is 1. The minimum atomic E-state index is -0.248. The SMILES string of the molecule is COc1ccc([C@H](N)C2CCCCC2)c(F)c1. The van der Waals surface area contributed by atoms with Crippen LogP contribution in [0.15, 0.2) is 18.2 Å². The molecule has 1 aromatic rings. The van der Waals surface area contributed by atoms with Crippen LogP contribution >= 0.6 is 0 Å². The van der Waals surface area contributed by atoms with Gasteiger partial charge in [0.15, 0.2) is 0 Å². The predicted molar refractivity (Wildman–Crippen MR) is 66.5 cm³/mol. The maximum Gasteiger partial charge on any atom is 0.131 e. The Labute approximate surface area is 102 Å². The molecular weight excluding hydrogens is 217 g/mol. The van der Waals surface area contributed by atoms with Crippen molar-refractivity contribution in [2.75, 3.05) is 7.11 Å². The number of benzene rings is 1. The first-order valence-corrected chi connectivity index (χ1v) is 6.31. The zero-order chi connectivity index (χ0) is 12.3. The molecule has 2 N–H and O–H groups in total. The van der Waals surface area contributed by atoms with Crippen LogP contribution in [0.1, 0.15) is 43.7 Å². The van der Waals surface area contributed by atoms with E-state index in [-0.39, 0.29) is 11.9 Å². The van der Waals surface area contributed by atoms with Gasteiger partial charge in [-0.3, -0.25) is 0 Å². The second kappa shape index (κ2) is 5.50. The molecule has 2 nitrogen and oxygen atoms in total. The summed E-state index contributed by atoms with van der Waals surface area (Å²) in [6.45, 7) is 0. The number of hydrogen-bond donors (Lipinski definition) is 1. The molecule has 94 valence electrons. The van der Waals surface area contributed by atoms with Crippen LogP contribution in [-0.4, -0.2) is 7.11 Å². The highest BCUT2D eigenvalue weighted by molar-refractivity contribution is 5.31. The summed E-state index contributed by atoms with van der Waals surface area (Å²) in [5.41, 5.74) is 6.80. The molecule has 3 heteroatoms. The van der Waals surface area contributed by atoms with E-state index in [4.69, 9.17) is 10.5 Å². The molecule has 1 aliphatic rings. The monoisotopic (exact) mass is 237 g/mol. The Morgan fingerprint density at radius 1 is 1.29 bits per heavy atom. The smallest absolute Gasteiger partial charge is 0.131 e. The highest BCUT2D eigenvalue weighted by atomic mass is 19.1. The summed E-state index contributed by atoms with van der Waals surface area (Å²) in [5.74, 6) is 0.719. The van der Waals surface area contributed by atoms with Crippen LogP contribution in [0.3, 0.4) is 0 Å². The van der Waals surface area contributed by atoms with Gasteiger partial charge < -0.3 is 10.5 Å². The van der Waals surface area contributed by atoms with Crippen LogP contribution in [0, 0.1) is 11.7 Å². The van der Waals surface area contributed by atoms with E-state index in [2.05, 4.69) is 0 Å². The summed E-state index contributed by atoms with van der Waals surface area (Å²) in [4.78, 5) is 0. The van der Waals surface area contributed by atoms with Crippen molar-refractivity contribution in [2.24, 2.45) is 11.7 Å². The zero-order valence-electron chi connectivity index (χ0n) is 10.3. The first kappa shape index (κ1) is 12.4. The molecule has 17 heavy (non-hydrogen) atoms. The van der Waals surface area contributed by atoms with E-state index in [9.17, 15) is 4.39 Å². The van der Waals surface area contributed by atoms with Gasteiger partial charge in [0.2, 0.25) is 0 Å². The highest BCUT2D eigenvalue weighted by Gasteiger charge is 2.24. The molecule has 1 atom stereocenters. The molecule has 0 aliphatic heterocycles. The van der Waals surface area contributed by atoms with Gasteiger partial charge in [-0.2, -0.15) is 0 Å². The van der Waals surface area contributed by atoms with E-state index < -0.39 is 0 Å². The Morgan fingerprint density at radius 3 is 2.59 bits per heavy atom. The lowest BCUT2D eigenvalue weighted by Crippen LogP contribution is -2.24. The van der Waals surface area contributed by atoms with E-state index in [0.29, 0.717) is 17.2 Å². The molecule has 0 spiro atoms. The number of hydrogen-bond acceptors (Lipinski definition) is 2. The summed E-state index contributed by atoms with van der Waals surface area (Å²) in [5, 5.41) is 0. The minimum Gasteiger partial charge on any atom is -0.497 e. The molecule has 0 saturated heterocycles. The average Bonchev–Trinajstić information content (AvgIpc) is 2.39. The van der Waals surface area contributed by atoms with E-state index in [0.717, 1.165) is 12.8 Å². The van der Waals surface area contributed by atoms with E-state index in [1.54, 1.807) is 12.1 Å². The van der Waals surface area contributed by atoms with Gasteiger partial charge in [-0.15, -0.1) is 0 Å². The second-order valence-corrected chi connectivity index (χ2v) is 4.81. The van der Waals surface area contributed by atoms with Gasteiger partial charge in [0.25, 0.3) is 0 Å². The van der Waals surface area contributed by atoms with Crippen LogP contribution in [0.25, 0.3) is 0 Å². The van der Waals surface area contributed by atoms with Crippen molar-refractivity contribution in [1.82, 2.24) is 0 Å². The molecule has 0 heterocycles. The first-order chi connectivity index (χ1) is 8.22. The molecular formula is C14H20FNO. The van der Waals surface area contributed by atoms with E-state index >= 15 is 0 Å². The Balaban J connectivity index is 2.15. The van der Waals surface area contributed by atoms with Gasteiger partial charge in [-0.25, -0.2) is 4.39 Å². The van der Waals surface area contributed by atoms with Crippen LogP contribution in [0.5, 0.6) is 5.75 Å². The molecule has 2 rings (SSSR count). The minimum absolute atomic E-state index is 0.179. The standard InChI is InChI=1S/C14H20FNO/c1-17-11-7-8-12(13(15)9-11)14(16)10-5-3-2-4-6-10/h7-10,14H,2-6,16H2,1H3/t14-/m1/s1. The predicted octanol–water partition coefficient (Wildman–Crippen LogP) is 3.41. The van der Waals surface area contributed by atoms with Crippen molar-refractivity contribution in [3.8, 4) is 5.75 Å². The van der Waals surface area contributed by atoms with Gasteiger partial charge in [0.05, 0.1) is 7.11 Å². The molecule has 0 amide bonds. The largest absolute Gasteiger partial charge is 0.497 e. The summed E-state index contributed by atoms with van der Waals surface area (Å²) in [6.07, 6.45) is 5.96. The van der Waals surface area contributed by atoms with Crippen molar-refractivity contribution in [1.29, 1.82) is 0 Å². The first-order valence-electron chi connectivity index (χ1n) is 6.31. The molecule has 0 radical (unpaired) electrons. The highest BCUT2D eigenvalue weighted by Crippen LogP contribution is 2.34. The molecule has 1 aliphatic carbocycles. The van der Waals surface area contributed by atoms with E-state index in [1.165, 1.54) is 32.4 Å². The Bertz CT molecular complexity index is 374. The number of methoxy groups -OCH3 is 1. The van der Waals surface area contributed by atoms with Gasteiger partial charge in [-0.1, -0.05) is 25.3 Å². The number of halogens is 1. The van der Waals surface area contributed by atoms with Crippen LogP contribution < -0.4 is 10.5 Å². The quantitative estimate of drug-likeness (QED) is 0.874. The lowest BCUT2D eigenvalue weighted by atomic mass is 9.81. The number of nitrogens with two attached hydrogens (primary N) is 1. The number of rotatable bonds is 3. The Morgan fingerprint density at radius 2 is 2.00 bits per heavy atom. The summed E-state index contributed by atoms with van der Waals surface area (Å²) >= 11 is 0. The molecule has 0 bridgehead atoms. The molecule has 0 aromatic heterocycles. The Kier molecular flexibility index (Phi) is 4.00. The summed E-state index contributed by atoms with van der Waals surface area (Å²) in [7, 11) is 1.54. The van der Waals surface area contributed by atoms with Gasteiger partial charge in [-0.05, 0) is 24.8 Å². The second-order valence-electron chi connectivity index (χ2n) is 4.81. The fourth-order valence-electron chi connectivity index (χ4n) is 2.65. The average molecular weight is 237 g/mol. The van der Waals surface area contributed by atoms with Crippen molar-refractivity contribution in [3.63, 3.8) is 0 Å². The lowest BCUT2D eigenvalue weighted by molar-refractivity contribution is 0.303. The molecule has 1 aromatic carbocycles. The van der Waals surface area contributed by atoms with Crippen molar-refractivity contribution in [3.05, 3.63) is 29.6 Å². The summed E-state index contributed by atoms with van der Waals surface area (Å²) in [6, 6.07) is 4.77. The van der Waals surface area contributed by atoms with E-state index in [1.807, 2.05) is 0 Å². The topological polar surface area (TPSA) is 35.2 Å². The fraction of sp³-hybridized carbons (Fsp3) is 0.571. The lowest BCUT2D eigenvalue weighted by Gasteiger charge is -2.28. The third kappa shape index (κ3) is 2.78. The van der Waals surface area contributed by atoms with Crippen LogP contribution in [-0.2, 0) is 0 Å². The van der Waals surface area contributed by atoms with Crippen molar-refractivity contribution >= 4 is 0 Å². The maximum atomic E-state index is 13.9. The van der Waals surface area contributed by atoms with Gasteiger partial charge in [0, 0.05) is 17.7 Å². The fourth-order valence-corrected chi connectivity index (χ4v) is 2.65. The molecule has 1 fully saturated rings. The molecule has 0 unspecified atom stereocenters. The molecule has 1 saturated carbocycles. The van der Waals surface area contributed by atoms with Gasteiger partial charge >= 0.3 is 0 Å². The van der Waals surface area contributed by atoms with Crippen LogP contribution in [0.4, 0.5) is 4.39 Å². The van der Waals surface area contributed by atoms with Gasteiger partial charge in [0.1, 0.15) is 11.6 Å².